The van der Waals surface area contributed by atoms with Crippen molar-refractivity contribution < 1.29 is 0 Å². The summed E-state index contributed by atoms with van der Waals surface area (Å²) in [7, 11) is 4.14. The molecule has 4 heteroatoms. The summed E-state index contributed by atoms with van der Waals surface area (Å²) in [6.07, 6.45) is 0. The van der Waals surface area contributed by atoms with Crippen LogP contribution in [0, 0.1) is 0 Å². The second kappa shape index (κ2) is 3.17. The largest absolute Gasteiger partial charge is 0.378 e. The molecule has 0 spiro atoms. The van der Waals surface area contributed by atoms with Crippen molar-refractivity contribution in [2.45, 2.75) is 4.90 Å². The summed E-state index contributed by atoms with van der Waals surface area (Å²) in [5, 5.41) is 1.17. The van der Waals surface area contributed by atoms with Crippen molar-refractivity contribution in [2.24, 2.45) is 4.99 Å². The Balaban J connectivity index is 2.06. The number of anilines is 2. The quantitative estimate of drug-likeness (QED) is 0.720. The number of rotatable bonds is 1. The molecule has 0 bridgehead atoms. The predicted octanol–water partition coefficient (Wildman–Crippen LogP) is 2.03. The van der Waals surface area contributed by atoms with Crippen LogP contribution in [-0.4, -0.2) is 32.4 Å². The lowest BCUT2D eigenvalue weighted by Crippen LogP contribution is -2.21. The van der Waals surface area contributed by atoms with Crippen molar-refractivity contribution in [3.8, 4) is 0 Å². The fourth-order valence-corrected chi connectivity index (χ4v) is 2.98. The van der Waals surface area contributed by atoms with Gasteiger partial charge in [0.15, 0.2) is 5.17 Å². The van der Waals surface area contributed by atoms with E-state index in [0.717, 1.165) is 13.1 Å². The second-order valence-electron chi connectivity index (χ2n) is 3.96. The summed E-state index contributed by atoms with van der Waals surface area (Å²) >= 11 is 1.78. The fraction of sp³-hybridized carbons (Fsp3) is 0.364. The molecule has 0 atom stereocenters. The first-order valence-electron chi connectivity index (χ1n) is 5.07. The van der Waals surface area contributed by atoms with Crippen LogP contribution in [0.4, 0.5) is 11.4 Å². The molecule has 1 aromatic carbocycles. The van der Waals surface area contributed by atoms with Gasteiger partial charge in [0.05, 0.1) is 12.2 Å². The van der Waals surface area contributed by atoms with Crippen LogP contribution < -0.4 is 9.80 Å². The van der Waals surface area contributed by atoms with Crippen LogP contribution in [0.1, 0.15) is 0 Å². The third-order valence-electron chi connectivity index (χ3n) is 2.75. The van der Waals surface area contributed by atoms with Gasteiger partial charge in [-0.3, -0.25) is 4.99 Å². The van der Waals surface area contributed by atoms with Gasteiger partial charge in [-0.05, 0) is 30.0 Å². The van der Waals surface area contributed by atoms with Gasteiger partial charge in [0, 0.05) is 31.2 Å². The van der Waals surface area contributed by atoms with Crippen LogP contribution >= 0.6 is 11.8 Å². The summed E-state index contributed by atoms with van der Waals surface area (Å²) in [5.41, 5.74) is 2.57. The third-order valence-corrected chi connectivity index (χ3v) is 3.85. The van der Waals surface area contributed by atoms with Crippen LogP contribution in [0.2, 0.25) is 0 Å². The lowest BCUT2D eigenvalue weighted by atomic mass is 10.2. The Labute approximate surface area is 93.8 Å². The minimum absolute atomic E-state index is 0.938. The van der Waals surface area contributed by atoms with Crippen LogP contribution in [0.25, 0.3) is 0 Å². The normalized spacial score (nSPS) is 17.5. The summed E-state index contributed by atoms with van der Waals surface area (Å²) in [6, 6.07) is 6.60. The van der Waals surface area contributed by atoms with Gasteiger partial charge in [0.25, 0.3) is 0 Å². The summed E-state index contributed by atoms with van der Waals surface area (Å²) in [4.78, 5) is 10.3. The highest BCUT2D eigenvalue weighted by Crippen LogP contribution is 2.43. The van der Waals surface area contributed by atoms with Gasteiger partial charge in [-0.1, -0.05) is 0 Å². The molecule has 3 rings (SSSR count). The molecule has 2 aliphatic rings. The number of nitrogens with zero attached hydrogens (tertiary/aromatic N) is 3. The van der Waals surface area contributed by atoms with Gasteiger partial charge in [-0.2, -0.15) is 0 Å². The highest BCUT2D eigenvalue weighted by Gasteiger charge is 2.29. The van der Waals surface area contributed by atoms with Gasteiger partial charge in [-0.15, -0.1) is 0 Å². The first-order chi connectivity index (χ1) is 7.25. The summed E-state index contributed by atoms with van der Waals surface area (Å²) in [5.74, 6) is 0. The zero-order valence-corrected chi connectivity index (χ0v) is 9.71. The van der Waals surface area contributed by atoms with E-state index in [1.807, 2.05) is 0 Å². The Kier molecular flexibility index (Phi) is 1.92. The number of thioether (sulfide) groups is 1. The molecular weight excluding hydrogens is 206 g/mol. The minimum Gasteiger partial charge on any atom is -0.378 e. The molecular formula is C11H13N3S. The monoisotopic (exact) mass is 219 g/mol. The first kappa shape index (κ1) is 9.09. The van der Waals surface area contributed by atoms with E-state index >= 15 is 0 Å². The molecule has 15 heavy (non-hydrogen) atoms. The van der Waals surface area contributed by atoms with Gasteiger partial charge >= 0.3 is 0 Å². The first-order valence-corrected chi connectivity index (χ1v) is 5.88. The van der Waals surface area contributed by atoms with E-state index in [9.17, 15) is 0 Å². The smallest absolute Gasteiger partial charge is 0.168 e. The molecule has 0 N–H and O–H groups in total. The number of amidine groups is 1. The molecule has 1 aromatic rings. The average molecular weight is 219 g/mol. The molecule has 2 aliphatic heterocycles. The van der Waals surface area contributed by atoms with Crippen molar-refractivity contribution in [1.29, 1.82) is 0 Å². The minimum atomic E-state index is 0.938. The summed E-state index contributed by atoms with van der Waals surface area (Å²) < 4.78 is 0. The number of aliphatic imine (C=N–C) groups is 1. The lowest BCUT2D eigenvalue weighted by molar-refractivity contribution is 1.01. The lowest BCUT2D eigenvalue weighted by Gasteiger charge is -2.17. The Bertz CT molecular complexity index is 439. The van der Waals surface area contributed by atoms with E-state index < -0.39 is 0 Å². The molecule has 0 saturated carbocycles. The number of fused-ring (bicyclic) bond motifs is 3. The zero-order chi connectivity index (χ0) is 10.4. The molecule has 0 saturated heterocycles. The van der Waals surface area contributed by atoms with E-state index in [-0.39, 0.29) is 0 Å². The highest BCUT2D eigenvalue weighted by atomic mass is 32.2. The van der Waals surface area contributed by atoms with Crippen LogP contribution in [-0.2, 0) is 0 Å². The van der Waals surface area contributed by atoms with Crippen molar-refractivity contribution in [2.75, 3.05) is 37.0 Å². The molecule has 3 nitrogen and oxygen atoms in total. The van der Waals surface area contributed by atoms with Crippen LogP contribution in [0.15, 0.2) is 28.1 Å². The van der Waals surface area contributed by atoms with Crippen molar-refractivity contribution in [3.05, 3.63) is 18.2 Å². The predicted molar refractivity (Wildman–Crippen MR) is 66.3 cm³/mol. The Hall–Kier alpha value is -1.16. The molecule has 2 heterocycles. The van der Waals surface area contributed by atoms with Crippen LogP contribution in [0.3, 0.4) is 0 Å². The number of hydrogen-bond donors (Lipinski definition) is 0. The topological polar surface area (TPSA) is 18.8 Å². The Morgan fingerprint density at radius 1 is 1.40 bits per heavy atom. The maximum atomic E-state index is 4.48. The van der Waals surface area contributed by atoms with Crippen molar-refractivity contribution >= 4 is 28.3 Å². The third kappa shape index (κ3) is 1.32. The van der Waals surface area contributed by atoms with Crippen molar-refractivity contribution in [3.63, 3.8) is 0 Å². The van der Waals surface area contributed by atoms with E-state index in [4.69, 9.17) is 0 Å². The highest BCUT2D eigenvalue weighted by molar-refractivity contribution is 8.14. The molecule has 0 amide bonds. The Morgan fingerprint density at radius 2 is 2.27 bits per heavy atom. The van der Waals surface area contributed by atoms with E-state index in [0.29, 0.717) is 0 Å². The maximum Gasteiger partial charge on any atom is 0.168 e. The van der Waals surface area contributed by atoms with E-state index in [2.05, 4.69) is 47.1 Å². The van der Waals surface area contributed by atoms with E-state index in [1.54, 1.807) is 11.8 Å². The summed E-state index contributed by atoms with van der Waals surface area (Å²) in [6.45, 7) is 1.97. The van der Waals surface area contributed by atoms with Crippen molar-refractivity contribution in [1.82, 2.24) is 0 Å². The van der Waals surface area contributed by atoms with E-state index in [1.165, 1.54) is 21.4 Å². The molecule has 0 radical (unpaired) electrons. The fourth-order valence-electron chi connectivity index (χ4n) is 1.92. The number of benzene rings is 1. The van der Waals surface area contributed by atoms with Gasteiger partial charge in [0.2, 0.25) is 0 Å². The molecule has 78 valence electrons. The molecule has 0 aliphatic carbocycles. The van der Waals surface area contributed by atoms with Gasteiger partial charge < -0.3 is 9.80 Å². The Morgan fingerprint density at radius 3 is 3.07 bits per heavy atom. The molecule has 0 unspecified atom stereocenters. The second-order valence-corrected chi connectivity index (χ2v) is 4.97. The standard InChI is InChI=1S/C11H13N3S/c1-13(2)8-3-4-10-9(7-8)14-6-5-12-11(14)15-10/h3-4,7H,5-6H2,1-2H3. The van der Waals surface area contributed by atoms with Crippen LogP contribution in [0.5, 0.6) is 0 Å². The molecule has 0 aromatic heterocycles. The SMILES string of the molecule is CN(C)c1ccc2c(c1)N1CCN=C1S2. The maximum absolute atomic E-state index is 4.48. The van der Waals surface area contributed by atoms with Gasteiger partial charge in [-0.25, -0.2) is 0 Å². The zero-order valence-electron chi connectivity index (χ0n) is 8.90. The number of hydrogen-bond acceptors (Lipinski definition) is 4. The van der Waals surface area contributed by atoms with Gasteiger partial charge in [0.1, 0.15) is 0 Å². The average Bonchev–Trinajstić information content (AvgIpc) is 2.75. The molecule has 0 fully saturated rings.